The molecule has 1 nitrogen and oxygen atoms in total. The Morgan fingerprint density at radius 1 is 1.00 bits per heavy atom. The third kappa shape index (κ3) is 3.10. The van der Waals surface area contributed by atoms with Gasteiger partial charge in [-0.1, -0.05) is 62.4 Å². The highest BCUT2D eigenvalue weighted by molar-refractivity contribution is 5.67. The van der Waals surface area contributed by atoms with E-state index in [1.54, 1.807) is 0 Å². The molecule has 0 amide bonds. The summed E-state index contributed by atoms with van der Waals surface area (Å²) in [6.45, 7) is 5.46. The summed E-state index contributed by atoms with van der Waals surface area (Å²) in [7, 11) is 0. The van der Waals surface area contributed by atoms with E-state index >= 15 is 0 Å². The predicted molar refractivity (Wildman–Crippen MR) is 85.8 cm³/mol. The van der Waals surface area contributed by atoms with Crippen LogP contribution in [-0.2, 0) is 6.54 Å². The van der Waals surface area contributed by atoms with Gasteiger partial charge in [0.1, 0.15) is 0 Å². The molecule has 3 rings (SSSR count). The van der Waals surface area contributed by atoms with Gasteiger partial charge in [0.25, 0.3) is 0 Å². The van der Waals surface area contributed by atoms with Crippen LogP contribution in [0.2, 0.25) is 0 Å². The van der Waals surface area contributed by atoms with Gasteiger partial charge < -0.3 is 5.32 Å². The smallest absolute Gasteiger partial charge is 0.0214 e. The zero-order valence-electron chi connectivity index (χ0n) is 12.4. The number of benzene rings is 2. The van der Waals surface area contributed by atoms with Crippen LogP contribution in [0.3, 0.4) is 0 Å². The van der Waals surface area contributed by atoms with Gasteiger partial charge >= 0.3 is 0 Å². The lowest BCUT2D eigenvalue weighted by molar-refractivity contribution is 0.689. The van der Waals surface area contributed by atoms with Gasteiger partial charge in [-0.3, -0.25) is 0 Å². The minimum atomic E-state index is 0.593. The lowest BCUT2D eigenvalue weighted by Crippen LogP contribution is -2.15. The van der Waals surface area contributed by atoms with Crippen molar-refractivity contribution in [2.24, 2.45) is 0 Å². The molecule has 0 radical (unpaired) electrons. The maximum atomic E-state index is 3.61. The van der Waals surface area contributed by atoms with Gasteiger partial charge in [0.05, 0.1) is 0 Å². The van der Waals surface area contributed by atoms with Gasteiger partial charge in [0.2, 0.25) is 0 Å². The summed E-state index contributed by atoms with van der Waals surface area (Å²) >= 11 is 0. The van der Waals surface area contributed by atoms with Crippen LogP contribution in [-0.4, -0.2) is 6.04 Å². The molecule has 20 heavy (non-hydrogen) atoms. The van der Waals surface area contributed by atoms with Crippen LogP contribution in [0, 0.1) is 0 Å². The number of rotatable bonds is 5. The first kappa shape index (κ1) is 13.4. The Labute approximate surface area is 122 Å². The van der Waals surface area contributed by atoms with E-state index in [9.17, 15) is 0 Å². The fraction of sp³-hybridized carbons (Fsp3) is 0.368. The van der Waals surface area contributed by atoms with Crippen molar-refractivity contribution < 1.29 is 0 Å². The molecule has 0 bridgehead atoms. The monoisotopic (exact) mass is 265 g/mol. The largest absolute Gasteiger partial charge is 0.310 e. The molecule has 1 N–H and O–H groups in total. The highest BCUT2D eigenvalue weighted by Crippen LogP contribution is 2.27. The van der Waals surface area contributed by atoms with Crippen molar-refractivity contribution in [3.63, 3.8) is 0 Å². The van der Waals surface area contributed by atoms with E-state index in [0.717, 1.165) is 12.6 Å². The number of hydrogen-bond donors (Lipinski definition) is 1. The van der Waals surface area contributed by atoms with Crippen LogP contribution < -0.4 is 5.32 Å². The van der Waals surface area contributed by atoms with Gasteiger partial charge in [-0.15, -0.1) is 0 Å². The highest BCUT2D eigenvalue weighted by atomic mass is 14.9. The van der Waals surface area contributed by atoms with E-state index < -0.39 is 0 Å². The molecule has 0 spiro atoms. The molecule has 2 aromatic carbocycles. The second-order valence-electron chi connectivity index (χ2n) is 6.09. The average Bonchev–Trinajstić information content (AvgIpc) is 3.30. The second kappa shape index (κ2) is 5.80. The van der Waals surface area contributed by atoms with Gasteiger partial charge in [-0.05, 0) is 41.0 Å². The first-order valence-electron chi connectivity index (χ1n) is 7.65. The van der Waals surface area contributed by atoms with E-state index in [-0.39, 0.29) is 0 Å². The Bertz CT molecular complexity index is 565. The Balaban J connectivity index is 1.84. The molecule has 1 aliphatic rings. The average molecular weight is 265 g/mol. The van der Waals surface area contributed by atoms with Gasteiger partial charge in [-0.2, -0.15) is 0 Å². The van der Waals surface area contributed by atoms with Gasteiger partial charge in [-0.25, -0.2) is 0 Å². The third-order valence-electron chi connectivity index (χ3n) is 4.06. The lowest BCUT2D eigenvalue weighted by Gasteiger charge is -2.12. The van der Waals surface area contributed by atoms with E-state index in [2.05, 4.69) is 67.7 Å². The summed E-state index contributed by atoms with van der Waals surface area (Å²) in [5.74, 6) is 0.593. The molecule has 0 unspecified atom stereocenters. The second-order valence-corrected chi connectivity index (χ2v) is 6.09. The Morgan fingerprint density at radius 2 is 1.70 bits per heavy atom. The molecule has 0 heterocycles. The highest BCUT2D eigenvalue weighted by Gasteiger charge is 2.20. The number of nitrogens with one attached hydrogen (secondary N) is 1. The van der Waals surface area contributed by atoms with Crippen LogP contribution >= 0.6 is 0 Å². The molecule has 0 aromatic heterocycles. The summed E-state index contributed by atoms with van der Waals surface area (Å²) in [6.07, 6.45) is 2.68. The van der Waals surface area contributed by atoms with E-state index in [0.29, 0.717) is 5.92 Å². The molecule has 0 atom stereocenters. The fourth-order valence-corrected chi connectivity index (χ4v) is 2.55. The Kier molecular flexibility index (Phi) is 3.88. The maximum absolute atomic E-state index is 3.61. The summed E-state index contributed by atoms with van der Waals surface area (Å²) in [5, 5.41) is 3.61. The molecule has 104 valence electrons. The summed E-state index contributed by atoms with van der Waals surface area (Å²) in [5.41, 5.74) is 5.48. The van der Waals surface area contributed by atoms with Crippen molar-refractivity contribution in [3.8, 4) is 11.1 Å². The minimum absolute atomic E-state index is 0.593. The van der Waals surface area contributed by atoms with Crippen LogP contribution in [0.1, 0.15) is 43.7 Å². The van der Waals surface area contributed by atoms with Crippen molar-refractivity contribution in [1.29, 1.82) is 0 Å². The topological polar surface area (TPSA) is 12.0 Å². The summed E-state index contributed by atoms with van der Waals surface area (Å²) in [6, 6.07) is 18.5. The van der Waals surface area contributed by atoms with E-state index in [1.165, 1.54) is 35.1 Å². The number of hydrogen-bond acceptors (Lipinski definition) is 1. The fourth-order valence-electron chi connectivity index (χ4n) is 2.55. The molecule has 0 saturated heterocycles. The van der Waals surface area contributed by atoms with Crippen molar-refractivity contribution in [2.45, 2.75) is 45.2 Å². The third-order valence-corrected chi connectivity index (χ3v) is 4.06. The van der Waals surface area contributed by atoms with Crippen molar-refractivity contribution in [2.75, 3.05) is 0 Å². The molecule has 1 saturated carbocycles. The molecule has 1 aliphatic carbocycles. The first-order chi connectivity index (χ1) is 9.74. The van der Waals surface area contributed by atoms with Crippen LogP contribution in [0.5, 0.6) is 0 Å². The van der Waals surface area contributed by atoms with Gasteiger partial charge in [0.15, 0.2) is 0 Å². The zero-order chi connectivity index (χ0) is 13.9. The maximum Gasteiger partial charge on any atom is 0.0214 e. The lowest BCUT2D eigenvalue weighted by atomic mass is 9.96. The minimum Gasteiger partial charge on any atom is -0.310 e. The normalized spacial score (nSPS) is 14.8. The Hall–Kier alpha value is -1.60. The van der Waals surface area contributed by atoms with Crippen molar-refractivity contribution in [3.05, 3.63) is 59.7 Å². The standard InChI is InChI=1S/C19H23N/c1-14(2)15-7-9-16(10-8-15)19-6-4-3-5-17(19)13-20-18-11-12-18/h3-10,14,18,20H,11-13H2,1-2H3. The van der Waals surface area contributed by atoms with Gasteiger partial charge in [0, 0.05) is 12.6 Å². The molecule has 2 aromatic rings. The van der Waals surface area contributed by atoms with Crippen LogP contribution in [0.15, 0.2) is 48.5 Å². The first-order valence-corrected chi connectivity index (χ1v) is 7.65. The summed E-state index contributed by atoms with van der Waals surface area (Å²) in [4.78, 5) is 0. The van der Waals surface area contributed by atoms with Crippen LogP contribution in [0.4, 0.5) is 0 Å². The Morgan fingerprint density at radius 3 is 2.35 bits per heavy atom. The van der Waals surface area contributed by atoms with Crippen LogP contribution in [0.25, 0.3) is 11.1 Å². The molecule has 1 heteroatoms. The predicted octanol–water partition coefficient (Wildman–Crippen LogP) is 4.73. The summed E-state index contributed by atoms with van der Waals surface area (Å²) < 4.78 is 0. The SMILES string of the molecule is CC(C)c1ccc(-c2ccccc2CNC2CC2)cc1. The zero-order valence-corrected chi connectivity index (χ0v) is 12.4. The van der Waals surface area contributed by atoms with Crippen molar-refractivity contribution in [1.82, 2.24) is 5.32 Å². The van der Waals surface area contributed by atoms with Crippen molar-refractivity contribution >= 4 is 0 Å². The molecular formula is C19H23N. The molecule has 1 fully saturated rings. The molecular weight excluding hydrogens is 242 g/mol. The quantitative estimate of drug-likeness (QED) is 0.824. The van der Waals surface area contributed by atoms with E-state index in [4.69, 9.17) is 0 Å². The molecule has 0 aliphatic heterocycles. The van der Waals surface area contributed by atoms with E-state index in [1.807, 2.05) is 0 Å².